The monoisotopic (exact) mass is 296 g/mol. The van der Waals surface area contributed by atoms with Gasteiger partial charge in [0.2, 0.25) is 5.15 Å². The largest absolute Gasteiger partial charge is 0.333 e. The Morgan fingerprint density at radius 1 is 1.60 bits per heavy atom. The van der Waals surface area contributed by atoms with Crippen LogP contribution in [0.5, 0.6) is 0 Å². The highest BCUT2D eigenvalue weighted by atomic mass is 35.5. The maximum Gasteiger partial charge on any atom is 0.319 e. The number of halogens is 1. The van der Waals surface area contributed by atoms with E-state index in [1.807, 2.05) is 6.07 Å². The first-order valence-corrected chi connectivity index (χ1v) is 6.31. The van der Waals surface area contributed by atoms with Gasteiger partial charge in [-0.25, -0.2) is 4.98 Å². The zero-order chi connectivity index (χ0) is 15.3. The second kappa shape index (κ2) is 6.30. The second-order valence-corrected chi connectivity index (χ2v) is 4.47. The molecule has 20 heavy (non-hydrogen) atoms. The number of pyridine rings is 1. The molecule has 1 heterocycles. The van der Waals surface area contributed by atoms with Crippen LogP contribution in [0, 0.1) is 21.4 Å². The number of amides is 1. The molecule has 0 radical (unpaired) electrons. The molecule has 8 heteroatoms. The van der Waals surface area contributed by atoms with Crippen molar-refractivity contribution in [2.45, 2.75) is 32.2 Å². The SMILES string of the molecule is CCC(C#N)(CC)NC(=O)c1ccnc(Cl)c1[N+](=O)[O-]. The van der Waals surface area contributed by atoms with Crippen molar-refractivity contribution in [3.8, 4) is 6.07 Å². The van der Waals surface area contributed by atoms with E-state index in [0.717, 1.165) is 0 Å². The second-order valence-electron chi connectivity index (χ2n) is 4.11. The van der Waals surface area contributed by atoms with Crippen LogP contribution in [0.1, 0.15) is 37.0 Å². The summed E-state index contributed by atoms with van der Waals surface area (Å²) in [5.41, 5.74) is -1.83. The molecule has 0 fully saturated rings. The van der Waals surface area contributed by atoms with Gasteiger partial charge in [0.25, 0.3) is 5.91 Å². The molecule has 1 aromatic rings. The van der Waals surface area contributed by atoms with Crippen LogP contribution < -0.4 is 5.32 Å². The molecule has 0 spiro atoms. The molecule has 0 saturated heterocycles. The molecular formula is C12H13ClN4O3. The Morgan fingerprint density at radius 2 is 2.20 bits per heavy atom. The lowest BCUT2D eigenvalue weighted by atomic mass is 9.94. The summed E-state index contributed by atoms with van der Waals surface area (Å²) in [5, 5.41) is 22.3. The number of carbonyl (C=O) groups is 1. The van der Waals surface area contributed by atoms with E-state index < -0.39 is 22.1 Å². The van der Waals surface area contributed by atoms with E-state index in [4.69, 9.17) is 16.9 Å². The number of nitrogens with one attached hydrogen (secondary N) is 1. The van der Waals surface area contributed by atoms with Crippen molar-refractivity contribution < 1.29 is 9.72 Å². The van der Waals surface area contributed by atoms with Gasteiger partial charge in [-0.05, 0) is 18.9 Å². The predicted octanol–water partition coefficient (Wildman–Crippen LogP) is 2.46. The molecule has 1 N–H and O–H groups in total. The molecule has 7 nitrogen and oxygen atoms in total. The summed E-state index contributed by atoms with van der Waals surface area (Å²) >= 11 is 5.64. The van der Waals surface area contributed by atoms with Gasteiger partial charge in [-0.3, -0.25) is 14.9 Å². The van der Waals surface area contributed by atoms with Crippen LogP contribution in [0.3, 0.4) is 0 Å². The minimum absolute atomic E-state index is 0.212. The van der Waals surface area contributed by atoms with Gasteiger partial charge in [0.05, 0.1) is 11.0 Å². The lowest BCUT2D eigenvalue weighted by Crippen LogP contribution is -2.46. The zero-order valence-corrected chi connectivity index (χ0v) is 11.8. The predicted molar refractivity (Wildman–Crippen MR) is 72.3 cm³/mol. The number of nitro groups is 1. The molecule has 0 saturated carbocycles. The summed E-state index contributed by atoms with van der Waals surface area (Å²) in [5.74, 6) is -0.716. The van der Waals surface area contributed by atoms with Crippen molar-refractivity contribution in [3.63, 3.8) is 0 Å². The highest BCUT2D eigenvalue weighted by Crippen LogP contribution is 2.26. The molecule has 106 valence electrons. The number of rotatable bonds is 5. The molecule has 1 amide bonds. The van der Waals surface area contributed by atoms with E-state index in [1.165, 1.54) is 12.3 Å². The molecule has 1 rings (SSSR count). The number of hydrogen-bond acceptors (Lipinski definition) is 5. The smallest absolute Gasteiger partial charge is 0.319 e. The zero-order valence-electron chi connectivity index (χ0n) is 11.0. The fourth-order valence-electron chi connectivity index (χ4n) is 1.68. The van der Waals surface area contributed by atoms with Crippen molar-refractivity contribution in [2.24, 2.45) is 0 Å². The van der Waals surface area contributed by atoms with E-state index in [1.54, 1.807) is 13.8 Å². The molecule has 0 aliphatic carbocycles. The summed E-state index contributed by atoms with van der Waals surface area (Å²) in [6, 6.07) is 3.23. The van der Waals surface area contributed by atoms with E-state index in [0.29, 0.717) is 12.8 Å². The van der Waals surface area contributed by atoms with Crippen molar-refractivity contribution in [3.05, 3.63) is 33.1 Å². The van der Waals surface area contributed by atoms with Crippen LogP contribution in [-0.4, -0.2) is 21.4 Å². The first-order valence-electron chi connectivity index (χ1n) is 5.93. The van der Waals surface area contributed by atoms with Crippen LogP contribution in [0.15, 0.2) is 12.3 Å². The summed E-state index contributed by atoms with van der Waals surface area (Å²) in [4.78, 5) is 25.9. The Hall–Kier alpha value is -2.20. The number of carbonyl (C=O) groups excluding carboxylic acids is 1. The van der Waals surface area contributed by atoms with Gasteiger partial charge < -0.3 is 5.32 Å². The van der Waals surface area contributed by atoms with Gasteiger partial charge in [0, 0.05) is 6.20 Å². The first-order chi connectivity index (χ1) is 9.40. The Balaban J connectivity index is 3.21. The fourth-order valence-corrected chi connectivity index (χ4v) is 1.91. The van der Waals surface area contributed by atoms with Crippen LogP contribution in [0.4, 0.5) is 5.69 Å². The summed E-state index contributed by atoms with van der Waals surface area (Å²) in [6.45, 7) is 3.50. The topological polar surface area (TPSA) is 109 Å². The van der Waals surface area contributed by atoms with Gasteiger partial charge in [-0.2, -0.15) is 5.26 Å². The molecule has 0 unspecified atom stereocenters. The van der Waals surface area contributed by atoms with Gasteiger partial charge in [-0.1, -0.05) is 25.4 Å². The molecule has 0 aliphatic rings. The van der Waals surface area contributed by atoms with Crippen LogP contribution >= 0.6 is 11.6 Å². The first kappa shape index (κ1) is 15.9. The summed E-state index contributed by atoms with van der Waals surface area (Å²) < 4.78 is 0. The van der Waals surface area contributed by atoms with Crippen molar-refractivity contribution in [2.75, 3.05) is 0 Å². The van der Waals surface area contributed by atoms with E-state index in [-0.39, 0.29) is 10.7 Å². The molecule has 1 aromatic heterocycles. The van der Waals surface area contributed by atoms with Crippen LogP contribution in [0.25, 0.3) is 0 Å². The highest BCUT2D eigenvalue weighted by molar-refractivity contribution is 6.32. The minimum atomic E-state index is -1.05. The Morgan fingerprint density at radius 3 is 2.65 bits per heavy atom. The Bertz CT molecular complexity index is 579. The van der Waals surface area contributed by atoms with Crippen molar-refractivity contribution in [1.29, 1.82) is 5.26 Å². The van der Waals surface area contributed by atoms with E-state index in [2.05, 4.69) is 10.3 Å². The number of aromatic nitrogens is 1. The third-order valence-electron chi connectivity index (χ3n) is 3.08. The normalized spacial score (nSPS) is 10.7. The van der Waals surface area contributed by atoms with Crippen LogP contribution in [0.2, 0.25) is 5.15 Å². The van der Waals surface area contributed by atoms with Crippen molar-refractivity contribution >= 4 is 23.2 Å². The maximum absolute atomic E-state index is 12.2. The molecule has 0 atom stereocenters. The standard InChI is InChI=1S/C12H13ClN4O3/c1-3-12(4-2,7-14)16-11(18)8-5-6-15-10(13)9(8)17(19)20/h5-6H,3-4H2,1-2H3,(H,16,18). The van der Waals surface area contributed by atoms with Gasteiger partial charge in [0.15, 0.2) is 0 Å². The van der Waals surface area contributed by atoms with E-state index in [9.17, 15) is 14.9 Å². The summed E-state index contributed by atoms with van der Waals surface area (Å²) in [6.07, 6.45) is 1.98. The lowest BCUT2D eigenvalue weighted by Gasteiger charge is -2.24. The highest BCUT2D eigenvalue weighted by Gasteiger charge is 2.32. The quantitative estimate of drug-likeness (QED) is 0.510. The van der Waals surface area contributed by atoms with Gasteiger partial charge in [-0.15, -0.1) is 0 Å². The molecule has 0 bridgehead atoms. The average Bonchev–Trinajstić information content (AvgIpc) is 2.44. The minimum Gasteiger partial charge on any atom is -0.333 e. The third-order valence-corrected chi connectivity index (χ3v) is 3.36. The Kier molecular flexibility index (Phi) is 5.00. The molecule has 0 aliphatic heterocycles. The van der Waals surface area contributed by atoms with Gasteiger partial charge >= 0.3 is 5.69 Å². The number of hydrogen-bond donors (Lipinski definition) is 1. The Labute approximate surface area is 120 Å². The number of nitrogens with zero attached hydrogens (tertiary/aromatic N) is 3. The average molecular weight is 297 g/mol. The van der Waals surface area contributed by atoms with Crippen molar-refractivity contribution in [1.82, 2.24) is 10.3 Å². The summed E-state index contributed by atoms with van der Waals surface area (Å²) in [7, 11) is 0. The van der Waals surface area contributed by atoms with Gasteiger partial charge in [0.1, 0.15) is 11.1 Å². The molecular weight excluding hydrogens is 284 g/mol. The lowest BCUT2D eigenvalue weighted by molar-refractivity contribution is -0.385. The maximum atomic E-state index is 12.2. The molecule has 0 aromatic carbocycles. The van der Waals surface area contributed by atoms with E-state index >= 15 is 0 Å². The fraction of sp³-hybridized carbons (Fsp3) is 0.417. The number of nitriles is 1. The van der Waals surface area contributed by atoms with Crippen LogP contribution in [-0.2, 0) is 0 Å². The third kappa shape index (κ3) is 3.03.